The first-order chi connectivity index (χ1) is 9.00. The summed E-state index contributed by atoms with van der Waals surface area (Å²) in [6.07, 6.45) is 1.37. The van der Waals surface area contributed by atoms with Gasteiger partial charge >= 0.3 is 5.69 Å². The van der Waals surface area contributed by atoms with Crippen LogP contribution < -0.4 is 16.6 Å². The lowest BCUT2D eigenvalue weighted by Gasteiger charge is -2.34. The van der Waals surface area contributed by atoms with Crippen molar-refractivity contribution < 1.29 is 4.79 Å². The predicted molar refractivity (Wildman–Crippen MR) is 70.0 cm³/mol. The van der Waals surface area contributed by atoms with Gasteiger partial charge in [-0.05, 0) is 6.92 Å². The summed E-state index contributed by atoms with van der Waals surface area (Å²) < 4.78 is 2.26. The van der Waals surface area contributed by atoms with Crippen molar-refractivity contribution in [3.05, 3.63) is 33.1 Å². The van der Waals surface area contributed by atoms with Gasteiger partial charge in [0.05, 0.1) is 0 Å². The highest BCUT2D eigenvalue weighted by molar-refractivity contribution is 5.76. The fourth-order valence-corrected chi connectivity index (χ4v) is 2.18. The molecule has 1 aliphatic heterocycles. The number of hydrogen-bond acceptors (Lipinski definition) is 4. The van der Waals surface area contributed by atoms with Gasteiger partial charge in [-0.1, -0.05) is 0 Å². The molecule has 1 atom stereocenters. The normalized spacial score (nSPS) is 19.5. The van der Waals surface area contributed by atoms with Crippen molar-refractivity contribution in [2.24, 2.45) is 7.05 Å². The Bertz CT molecular complexity index is 589. The van der Waals surface area contributed by atoms with E-state index >= 15 is 0 Å². The summed E-state index contributed by atoms with van der Waals surface area (Å²) in [6.45, 7) is 4.09. The van der Waals surface area contributed by atoms with E-state index in [1.807, 2.05) is 6.92 Å². The molecule has 0 saturated carbocycles. The van der Waals surface area contributed by atoms with Crippen LogP contribution in [0.15, 0.2) is 21.9 Å². The molecule has 7 heteroatoms. The molecule has 1 N–H and O–H groups in total. The molecule has 1 aromatic heterocycles. The van der Waals surface area contributed by atoms with Crippen LogP contribution in [0.4, 0.5) is 0 Å². The minimum absolute atomic E-state index is 0.0305. The van der Waals surface area contributed by atoms with Gasteiger partial charge in [0.2, 0.25) is 5.91 Å². The monoisotopic (exact) mass is 266 g/mol. The van der Waals surface area contributed by atoms with Crippen LogP contribution in [0.2, 0.25) is 0 Å². The number of nitrogens with zero attached hydrogens (tertiary/aromatic N) is 3. The van der Waals surface area contributed by atoms with Gasteiger partial charge in [-0.25, -0.2) is 4.79 Å². The molecule has 19 heavy (non-hydrogen) atoms. The second-order valence-corrected chi connectivity index (χ2v) is 4.76. The topological polar surface area (TPSA) is 76.3 Å². The van der Waals surface area contributed by atoms with Crippen LogP contribution in [0.25, 0.3) is 0 Å². The molecule has 0 aromatic carbocycles. The zero-order valence-electron chi connectivity index (χ0n) is 11.1. The molecule has 1 amide bonds. The summed E-state index contributed by atoms with van der Waals surface area (Å²) in [6, 6.07) is 1.40. The summed E-state index contributed by atoms with van der Waals surface area (Å²) in [4.78, 5) is 37.0. The summed E-state index contributed by atoms with van der Waals surface area (Å²) in [5, 5.41) is 3.20. The number of nitrogens with one attached hydrogen (secondary N) is 1. The molecular weight excluding hydrogens is 248 g/mol. The molecule has 1 fully saturated rings. The summed E-state index contributed by atoms with van der Waals surface area (Å²) in [7, 11) is 1.40. The molecule has 2 heterocycles. The van der Waals surface area contributed by atoms with Gasteiger partial charge in [-0.2, -0.15) is 0 Å². The third-order valence-electron chi connectivity index (χ3n) is 3.39. The SMILES string of the molecule is CC1CNCCN1C(=O)Cn1ccc(=O)n(C)c1=O. The first kappa shape index (κ1) is 13.5. The molecule has 1 aromatic rings. The molecular formula is C12H18N4O3. The number of rotatable bonds is 2. The van der Waals surface area contributed by atoms with Crippen molar-refractivity contribution in [2.45, 2.75) is 19.5 Å². The summed E-state index contributed by atoms with van der Waals surface area (Å²) in [5.41, 5.74) is -0.840. The van der Waals surface area contributed by atoms with E-state index in [1.165, 1.54) is 23.9 Å². The first-order valence-corrected chi connectivity index (χ1v) is 6.27. The highest BCUT2D eigenvalue weighted by atomic mass is 16.2. The van der Waals surface area contributed by atoms with E-state index in [9.17, 15) is 14.4 Å². The summed E-state index contributed by atoms with van der Waals surface area (Å²) in [5.74, 6) is -0.102. The predicted octanol–water partition coefficient (Wildman–Crippen LogP) is -1.63. The Morgan fingerprint density at radius 3 is 2.89 bits per heavy atom. The van der Waals surface area contributed by atoms with E-state index in [2.05, 4.69) is 5.32 Å². The van der Waals surface area contributed by atoms with E-state index in [4.69, 9.17) is 0 Å². The molecule has 7 nitrogen and oxygen atoms in total. The Balaban J connectivity index is 2.17. The zero-order valence-corrected chi connectivity index (χ0v) is 11.1. The van der Waals surface area contributed by atoms with Crippen LogP contribution in [0, 0.1) is 0 Å². The highest BCUT2D eigenvalue weighted by Crippen LogP contribution is 2.03. The van der Waals surface area contributed by atoms with Gasteiger partial charge in [0, 0.05) is 45.0 Å². The van der Waals surface area contributed by atoms with Crippen molar-refractivity contribution in [2.75, 3.05) is 19.6 Å². The maximum absolute atomic E-state index is 12.2. The third-order valence-corrected chi connectivity index (χ3v) is 3.39. The molecule has 0 spiro atoms. The van der Waals surface area contributed by atoms with E-state index in [1.54, 1.807) is 4.90 Å². The zero-order chi connectivity index (χ0) is 14.0. The molecule has 0 radical (unpaired) electrons. The smallest absolute Gasteiger partial charge is 0.331 e. The molecule has 1 aliphatic rings. The second-order valence-electron chi connectivity index (χ2n) is 4.76. The van der Waals surface area contributed by atoms with Crippen molar-refractivity contribution in [3.8, 4) is 0 Å². The van der Waals surface area contributed by atoms with Crippen LogP contribution in [0.1, 0.15) is 6.92 Å². The average molecular weight is 266 g/mol. The van der Waals surface area contributed by atoms with Gasteiger partial charge in [0.15, 0.2) is 0 Å². The first-order valence-electron chi connectivity index (χ1n) is 6.27. The van der Waals surface area contributed by atoms with Crippen molar-refractivity contribution in [1.82, 2.24) is 19.4 Å². The van der Waals surface area contributed by atoms with E-state index in [0.29, 0.717) is 6.54 Å². The highest BCUT2D eigenvalue weighted by Gasteiger charge is 2.23. The van der Waals surface area contributed by atoms with Crippen molar-refractivity contribution >= 4 is 5.91 Å². The molecule has 0 aliphatic carbocycles. The lowest BCUT2D eigenvalue weighted by molar-refractivity contribution is -0.134. The number of aromatic nitrogens is 2. The van der Waals surface area contributed by atoms with E-state index in [0.717, 1.165) is 17.7 Å². The molecule has 104 valence electrons. The number of piperazine rings is 1. The molecule has 2 rings (SSSR count). The van der Waals surface area contributed by atoms with E-state index < -0.39 is 5.69 Å². The fraction of sp³-hybridized carbons (Fsp3) is 0.583. The van der Waals surface area contributed by atoms with Crippen molar-refractivity contribution in [3.63, 3.8) is 0 Å². The molecule has 0 bridgehead atoms. The Kier molecular flexibility index (Phi) is 3.84. The van der Waals surface area contributed by atoms with E-state index in [-0.39, 0.29) is 24.1 Å². The van der Waals surface area contributed by atoms with Gasteiger partial charge < -0.3 is 10.2 Å². The maximum atomic E-state index is 12.2. The van der Waals surface area contributed by atoms with Crippen LogP contribution in [-0.4, -0.2) is 45.6 Å². The Morgan fingerprint density at radius 1 is 1.47 bits per heavy atom. The van der Waals surface area contributed by atoms with Crippen LogP contribution in [0.5, 0.6) is 0 Å². The lowest BCUT2D eigenvalue weighted by atomic mass is 10.2. The van der Waals surface area contributed by atoms with Gasteiger partial charge in [0.25, 0.3) is 5.56 Å². The standard InChI is InChI=1S/C12H18N4O3/c1-9-7-13-4-6-16(9)11(18)8-15-5-3-10(17)14(2)12(15)19/h3,5,9,13H,4,6-8H2,1-2H3. The number of carbonyl (C=O) groups excluding carboxylic acids is 1. The summed E-state index contributed by atoms with van der Waals surface area (Å²) >= 11 is 0. The number of amides is 1. The quantitative estimate of drug-likeness (QED) is 0.697. The average Bonchev–Trinajstić information content (AvgIpc) is 2.40. The number of hydrogen-bond donors (Lipinski definition) is 1. The maximum Gasteiger partial charge on any atom is 0.331 e. The van der Waals surface area contributed by atoms with Crippen molar-refractivity contribution in [1.29, 1.82) is 0 Å². The van der Waals surface area contributed by atoms with Crippen LogP contribution in [-0.2, 0) is 18.4 Å². The van der Waals surface area contributed by atoms with Gasteiger partial charge in [0.1, 0.15) is 6.54 Å². The minimum atomic E-state index is -0.469. The third kappa shape index (κ3) is 2.76. The van der Waals surface area contributed by atoms with Gasteiger partial charge in [-0.3, -0.25) is 18.7 Å². The number of carbonyl (C=O) groups is 1. The lowest BCUT2D eigenvalue weighted by Crippen LogP contribution is -2.53. The Hall–Kier alpha value is -1.89. The Labute approximate surface area is 110 Å². The Morgan fingerprint density at radius 2 is 2.21 bits per heavy atom. The largest absolute Gasteiger partial charge is 0.336 e. The van der Waals surface area contributed by atoms with Crippen LogP contribution >= 0.6 is 0 Å². The second kappa shape index (κ2) is 5.40. The fourth-order valence-electron chi connectivity index (χ4n) is 2.18. The molecule has 1 unspecified atom stereocenters. The van der Waals surface area contributed by atoms with Gasteiger partial charge in [-0.15, -0.1) is 0 Å². The molecule has 1 saturated heterocycles. The minimum Gasteiger partial charge on any atom is -0.336 e. The van der Waals surface area contributed by atoms with Crippen LogP contribution in [0.3, 0.4) is 0 Å².